The van der Waals surface area contributed by atoms with Crippen LogP contribution in [0.3, 0.4) is 0 Å². The van der Waals surface area contributed by atoms with Crippen molar-refractivity contribution in [3.63, 3.8) is 0 Å². The molecule has 2 aromatic rings. The maximum atomic E-state index is 13.4. The monoisotopic (exact) mass is 301 g/mol. The zero-order chi connectivity index (χ0) is 15.6. The number of halogens is 4. The van der Waals surface area contributed by atoms with Crippen molar-refractivity contribution in [2.45, 2.75) is 6.18 Å². The van der Waals surface area contributed by atoms with Gasteiger partial charge in [-0.05, 0) is 24.3 Å². The van der Waals surface area contributed by atoms with Crippen molar-refractivity contribution < 1.29 is 27.0 Å². The van der Waals surface area contributed by atoms with Gasteiger partial charge in [-0.1, -0.05) is 0 Å². The summed E-state index contributed by atoms with van der Waals surface area (Å²) in [4.78, 5) is 0. The van der Waals surface area contributed by atoms with Gasteiger partial charge in [0, 0.05) is 12.1 Å². The first-order valence-corrected chi connectivity index (χ1v) is 5.79. The molecule has 0 radical (unpaired) electrons. The molecule has 7 heteroatoms. The summed E-state index contributed by atoms with van der Waals surface area (Å²) in [6, 6.07) is 6.79. The third-order valence-electron chi connectivity index (χ3n) is 2.68. The predicted molar refractivity (Wildman–Crippen MR) is 68.9 cm³/mol. The van der Waals surface area contributed by atoms with Gasteiger partial charge in [-0.15, -0.1) is 0 Å². The van der Waals surface area contributed by atoms with Crippen molar-refractivity contribution in [1.29, 1.82) is 0 Å². The SMILES string of the molecule is COc1ccc(Oc2ccc(C(F)(F)F)c(F)c2)cc1N. The van der Waals surface area contributed by atoms with Gasteiger partial charge in [0.05, 0.1) is 18.4 Å². The van der Waals surface area contributed by atoms with E-state index < -0.39 is 17.6 Å². The fourth-order valence-corrected chi connectivity index (χ4v) is 1.70. The third kappa shape index (κ3) is 3.36. The first-order valence-electron chi connectivity index (χ1n) is 5.79. The molecule has 0 aromatic heterocycles. The lowest BCUT2D eigenvalue weighted by Crippen LogP contribution is -2.07. The molecule has 0 heterocycles. The molecule has 0 aliphatic carbocycles. The Morgan fingerprint density at radius 3 is 2.14 bits per heavy atom. The van der Waals surface area contributed by atoms with Crippen LogP contribution in [0.15, 0.2) is 36.4 Å². The molecule has 112 valence electrons. The van der Waals surface area contributed by atoms with E-state index in [1.54, 1.807) is 0 Å². The van der Waals surface area contributed by atoms with Crippen molar-refractivity contribution in [1.82, 2.24) is 0 Å². The van der Waals surface area contributed by atoms with Crippen LogP contribution in [0.5, 0.6) is 17.2 Å². The molecule has 21 heavy (non-hydrogen) atoms. The summed E-state index contributed by atoms with van der Waals surface area (Å²) in [6.45, 7) is 0. The van der Waals surface area contributed by atoms with E-state index in [9.17, 15) is 17.6 Å². The predicted octanol–water partition coefficient (Wildman–Crippen LogP) is 4.23. The average molecular weight is 301 g/mol. The van der Waals surface area contributed by atoms with Crippen LogP contribution in [0.1, 0.15) is 5.56 Å². The molecule has 0 atom stereocenters. The molecule has 0 spiro atoms. The number of hydrogen-bond donors (Lipinski definition) is 1. The highest BCUT2D eigenvalue weighted by atomic mass is 19.4. The number of alkyl halides is 3. The third-order valence-corrected chi connectivity index (χ3v) is 2.68. The van der Waals surface area contributed by atoms with Gasteiger partial charge < -0.3 is 15.2 Å². The summed E-state index contributed by atoms with van der Waals surface area (Å²) >= 11 is 0. The van der Waals surface area contributed by atoms with Crippen molar-refractivity contribution >= 4 is 5.69 Å². The largest absolute Gasteiger partial charge is 0.495 e. The Morgan fingerprint density at radius 1 is 1.00 bits per heavy atom. The Balaban J connectivity index is 2.24. The van der Waals surface area contributed by atoms with E-state index >= 15 is 0 Å². The number of benzene rings is 2. The zero-order valence-corrected chi connectivity index (χ0v) is 10.9. The first kappa shape index (κ1) is 15.0. The maximum absolute atomic E-state index is 13.4. The number of nitrogen functional groups attached to an aromatic ring is 1. The molecule has 0 saturated heterocycles. The normalized spacial score (nSPS) is 11.3. The zero-order valence-electron chi connectivity index (χ0n) is 10.9. The second-order valence-corrected chi connectivity index (χ2v) is 4.15. The summed E-state index contributed by atoms with van der Waals surface area (Å²) in [7, 11) is 1.44. The molecule has 3 nitrogen and oxygen atoms in total. The number of nitrogens with two attached hydrogens (primary N) is 1. The van der Waals surface area contributed by atoms with Gasteiger partial charge >= 0.3 is 6.18 Å². The van der Waals surface area contributed by atoms with E-state index in [0.717, 1.165) is 6.07 Å². The molecule has 0 amide bonds. The summed E-state index contributed by atoms with van der Waals surface area (Å²) in [5.41, 5.74) is 4.62. The van der Waals surface area contributed by atoms with Crippen LogP contribution in [-0.2, 0) is 6.18 Å². The molecule has 0 bridgehead atoms. The fraction of sp³-hybridized carbons (Fsp3) is 0.143. The minimum absolute atomic E-state index is 0.0648. The maximum Gasteiger partial charge on any atom is 0.419 e. The van der Waals surface area contributed by atoms with Crippen LogP contribution < -0.4 is 15.2 Å². The second kappa shape index (κ2) is 5.51. The van der Waals surface area contributed by atoms with E-state index in [-0.39, 0.29) is 11.5 Å². The Hall–Kier alpha value is -2.44. The van der Waals surface area contributed by atoms with Gasteiger partial charge in [0.15, 0.2) is 0 Å². The van der Waals surface area contributed by atoms with Gasteiger partial charge in [-0.2, -0.15) is 13.2 Å². The van der Waals surface area contributed by atoms with Crippen LogP contribution in [0, 0.1) is 5.82 Å². The van der Waals surface area contributed by atoms with Crippen molar-refractivity contribution in [2.24, 2.45) is 0 Å². The minimum atomic E-state index is -4.74. The number of ether oxygens (including phenoxy) is 2. The van der Waals surface area contributed by atoms with Gasteiger partial charge in [0.2, 0.25) is 0 Å². The highest BCUT2D eigenvalue weighted by molar-refractivity contribution is 5.56. The molecule has 2 aromatic carbocycles. The Bertz CT molecular complexity index is 656. The Labute approximate surface area is 117 Å². The summed E-state index contributed by atoms with van der Waals surface area (Å²) < 4.78 is 60.9. The molecular weight excluding hydrogens is 290 g/mol. The number of rotatable bonds is 3. The molecular formula is C14H11F4NO2. The summed E-state index contributed by atoms with van der Waals surface area (Å²) in [5.74, 6) is -0.778. The van der Waals surface area contributed by atoms with E-state index in [1.807, 2.05) is 0 Å². The standard InChI is InChI=1S/C14H11F4NO2/c1-20-13-5-3-9(7-12(13)19)21-8-2-4-10(11(15)6-8)14(16,17)18/h2-7H,19H2,1H3. The van der Waals surface area contributed by atoms with Crippen molar-refractivity contribution in [3.8, 4) is 17.2 Å². The number of hydrogen-bond acceptors (Lipinski definition) is 3. The highest BCUT2D eigenvalue weighted by Gasteiger charge is 2.34. The van der Waals surface area contributed by atoms with Crippen LogP contribution >= 0.6 is 0 Å². The summed E-state index contributed by atoms with van der Waals surface area (Å²) in [5, 5.41) is 0. The molecule has 0 aliphatic rings. The van der Waals surface area contributed by atoms with Crippen molar-refractivity contribution in [2.75, 3.05) is 12.8 Å². The van der Waals surface area contributed by atoms with Crippen molar-refractivity contribution in [3.05, 3.63) is 47.8 Å². The molecule has 2 N–H and O–H groups in total. The lowest BCUT2D eigenvalue weighted by molar-refractivity contribution is -0.140. The lowest BCUT2D eigenvalue weighted by Gasteiger charge is -2.11. The van der Waals surface area contributed by atoms with Gasteiger partial charge in [-0.3, -0.25) is 0 Å². The molecule has 2 rings (SSSR count). The minimum Gasteiger partial charge on any atom is -0.495 e. The summed E-state index contributed by atoms with van der Waals surface area (Å²) in [6.07, 6.45) is -4.74. The lowest BCUT2D eigenvalue weighted by atomic mass is 10.2. The molecule has 0 saturated carbocycles. The number of methoxy groups -OCH3 is 1. The Morgan fingerprint density at radius 2 is 1.62 bits per heavy atom. The smallest absolute Gasteiger partial charge is 0.419 e. The average Bonchev–Trinajstić information content (AvgIpc) is 2.37. The fourth-order valence-electron chi connectivity index (χ4n) is 1.70. The van der Waals surface area contributed by atoms with Gasteiger partial charge in [-0.25, -0.2) is 4.39 Å². The van der Waals surface area contributed by atoms with Crippen LogP contribution in [-0.4, -0.2) is 7.11 Å². The van der Waals surface area contributed by atoms with E-state index in [2.05, 4.69) is 0 Å². The van der Waals surface area contributed by atoms with Gasteiger partial charge in [0.1, 0.15) is 23.1 Å². The molecule has 0 aliphatic heterocycles. The highest BCUT2D eigenvalue weighted by Crippen LogP contribution is 2.34. The van der Waals surface area contributed by atoms with Crippen LogP contribution in [0.4, 0.5) is 23.2 Å². The topological polar surface area (TPSA) is 44.5 Å². The van der Waals surface area contributed by atoms with Gasteiger partial charge in [0.25, 0.3) is 0 Å². The van der Waals surface area contributed by atoms with Crippen LogP contribution in [0.25, 0.3) is 0 Å². The quantitative estimate of drug-likeness (QED) is 0.681. The first-order chi connectivity index (χ1) is 9.81. The second-order valence-electron chi connectivity index (χ2n) is 4.15. The van der Waals surface area contributed by atoms with E-state index in [4.69, 9.17) is 15.2 Å². The van der Waals surface area contributed by atoms with E-state index in [0.29, 0.717) is 23.6 Å². The molecule has 0 unspecified atom stereocenters. The number of anilines is 1. The van der Waals surface area contributed by atoms with E-state index in [1.165, 1.54) is 25.3 Å². The van der Waals surface area contributed by atoms with Crippen LogP contribution in [0.2, 0.25) is 0 Å². The Kier molecular flexibility index (Phi) is 3.93. The molecule has 0 fully saturated rings.